The van der Waals surface area contributed by atoms with Gasteiger partial charge in [0.05, 0.1) is 0 Å². The summed E-state index contributed by atoms with van der Waals surface area (Å²) in [6.07, 6.45) is -0.559. The van der Waals surface area contributed by atoms with E-state index in [1.54, 1.807) is 20.8 Å². The Morgan fingerprint density at radius 3 is 2.27 bits per heavy atom. The molecule has 7 heteroatoms. The summed E-state index contributed by atoms with van der Waals surface area (Å²) in [4.78, 5) is 24.5. The first-order valence-electron chi connectivity index (χ1n) is 6.54. The zero-order valence-corrected chi connectivity index (χ0v) is 13.1. The second kappa shape index (κ2) is 5.90. The maximum Gasteiger partial charge on any atom is 0.411 e. The molecule has 1 rings (SSSR count). The van der Waals surface area contributed by atoms with Crippen LogP contribution in [0.2, 0.25) is 0 Å². The Hall–Kier alpha value is -2.18. The minimum atomic E-state index is -1.80. The number of ether oxygens (including phenoxy) is 1. The number of halogens is 2. The highest BCUT2D eigenvalue weighted by Crippen LogP contribution is 2.35. The Labute approximate surface area is 127 Å². The fraction of sp³-hybridized carbons (Fsp3) is 0.467. The van der Waals surface area contributed by atoms with Gasteiger partial charge in [0, 0.05) is 18.7 Å². The lowest BCUT2D eigenvalue weighted by Gasteiger charge is -2.36. The molecule has 1 unspecified atom stereocenters. The van der Waals surface area contributed by atoms with Crippen LogP contribution < -0.4 is 0 Å². The van der Waals surface area contributed by atoms with Crippen molar-refractivity contribution >= 4 is 12.4 Å². The van der Waals surface area contributed by atoms with Crippen LogP contribution in [0.4, 0.5) is 13.6 Å². The van der Waals surface area contributed by atoms with Gasteiger partial charge in [-0.25, -0.2) is 13.6 Å². The zero-order valence-electron chi connectivity index (χ0n) is 13.1. The molecule has 1 aromatic carbocycles. The van der Waals surface area contributed by atoms with Gasteiger partial charge < -0.3 is 14.6 Å². The molecule has 1 aromatic rings. The third kappa shape index (κ3) is 3.52. The van der Waals surface area contributed by atoms with Gasteiger partial charge in [0.2, 0.25) is 0 Å². The summed E-state index contributed by atoms with van der Waals surface area (Å²) in [7, 11) is 1.24. The van der Waals surface area contributed by atoms with Crippen LogP contribution in [0.15, 0.2) is 12.1 Å². The Balaban J connectivity index is 3.33. The number of carbonyl (C=O) groups excluding carboxylic acids is 2. The molecule has 0 radical (unpaired) electrons. The Morgan fingerprint density at radius 2 is 1.82 bits per heavy atom. The number of nitrogens with zero attached hydrogens (tertiary/aromatic N) is 1. The molecule has 0 saturated heterocycles. The predicted octanol–water partition coefficient (Wildman–Crippen LogP) is 2.95. The smallest absolute Gasteiger partial charge is 0.411 e. The molecule has 0 heterocycles. The number of amides is 1. The number of carbonyl (C=O) groups is 2. The highest BCUT2D eigenvalue weighted by Gasteiger charge is 2.39. The highest BCUT2D eigenvalue weighted by molar-refractivity contribution is 5.78. The molecule has 0 bridgehead atoms. The molecule has 22 heavy (non-hydrogen) atoms. The summed E-state index contributed by atoms with van der Waals surface area (Å²) in [6.45, 7) is 6.15. The number of aldehydes is 1. The molecule has 5 nitrogen and oxygen atoms in total. The number of aromatic hydroxyl groups is 1. The average molecular weight is 315 g/mol. The minimum Gasteiger partial charge on any atom is -0.505 e. The molecule has 0 aromatic heterocycles. The van der Waals surface area contributed by atoms with E-state index in [1.165, 1.54) is 14.0 Å². The second-order valence-electron chi connectivity index (χ2n) is 6.09. The highest BCUT2D eigenvalue weighted by atomic mass is 19.1. The van der Waals surface area contributed by atoms with Crippen molar-refractivity contribution in [1.82, 2.24) is 4.90 Å². The van der Waals surface area contributed by atoms with E-state index >= 15 is 0 Å². The first kappa shape index (κ1) is 17.9. The molecular formula is C15H19F2NO4. The number of hydrogen-bond acceptors (Lipinski definition) is 4. The van der Waals surface area contributed by atoms with E-state index in [-0.39, 0.29) is 5.56 Å². The molecule has 1 atom stereocenters. The van der Waals surface area contributed by atoms with Gasteiger partial charge in [0.1, 0.15) is 23.2 Å². The maximum absolute atomic E-state index is 13.5. The maximum atomic E-state index is 13.5. The Bertz CT molecular complexity index is 598. The topological polar surface area (TPSA) is 66.8 Å². The number of rotatable bonds is 3. The summed E-state index contributed by atoms with van der Waals surface area (Å²) in [5, 5.41) is 9.77. The minimum absolute atomic E-state index is 0.310. The number of hydrogen-bond donors (Lipinski definition) is 1. The van der Waals surface area contributed by atoms with E-state index in [1.807, 2.05) is 0 Å². The van der Waals surface area contributed by atoms with Gasteiger partial charge in [-0.05, 0) is 33.8 Å². The fourth-order valence-corrected chi connectivity index (χ4v) is 1.80. The number of phenols is 1. The predicted molar refractivity (Wildman–Crippen MR) is 75.4 cm³/mol. The monoisotopic (exact) mass is 315 g/mol. The van der Waals surface area contributed by atoms with E-state index in [2.05, 4.69) is 0 Å². The molecular weight excluding hydrogens is 296 g/mol. The van der Waals surface area contributed by atoms with Crippen molar-refractivity contribution in [2.24, 2.45) is 0 Å². The Morgan fingerprint density at radius 1 is 1.27 bits per heavy atom. The van der Waals surface area contributed by atoms with Crippen LogP contribution >= 0.6 is 0 Å². The number of likely N-dealkylation sites (N-methyl/N-ethyl adjacent to an activating group) is 1. The van der Waals surface area contributed by atoms with Crippen molar-refractivity contribution in [2.45, 2.75) is 38.8 Å². The van der Waals surface area contributed by atoms with Crippen molar-refractivity contribution in [3.05, 3.63) is 29.3 Å². The van der Waals surface area contributed by atoms with E-state index in [0.29, 0.717) is 12.4 Å². The molecule has 0 aliphatic carbocycles. The Kier molecular flexibility index (Phi) is 4.79. The average Bonchev–Trinajstić information content (AvgIpc) is 2.39. The number of phenolic OH excluding ortho intramolecular Hbond substituents is 1. The number of benzene rings is 1. The summed E-state index contributed by atoms with van der Waals surface area (Å²) in [6, 6.07) is 1.28. The molecule has 122 valence electrons. The SMILES string of the molecule is CN(C(=O)OC(C)(C)C)C(C)(C=O)c1cc(F)cc(F)c1O. The van der Waals surface area contributed by atoms with Crippen LogP contribution in [0.3, 0.4) is 0 Å². The van der Waals surface area contributed by atoms with Crippen molar-refractivity contribution in [3.63, 3.8) is 0 Å². The third-order valence-corrected chi connectivity index (χ3v) is 3.17. The molecule has 0 saturated carbocycles. The molecule has 0 aliphatic rings. The van der Waals surface area contributed by atoms with Crippen LogP contribution in [0.1, 0.15) is 33.3 Å². The first-order valence-corrected chi connectivity index (χ1v) is 6.54. The van der Waals surface area contributed by atoms with Crippen LogP contribution in [0.25, 0.3) is 0 Å². The van der Waals surface area contributed by atoms with Gasteiger partial charge in [-0.3, -0.25) is 4.90 Å². The standard InChI is InChI=1S/C15H19F2NO4/c1-14(2,3)22-13(21)18(5)15(4,8-19)10-6-9(16)7-11(17)12(10)20/h6-8,20H,1-5H3. The molecule has 1 amide bonds. The van der Waals surface area contributed by atoms with Gasteiger partial charge in [-0.15, -0.1) is 0 Å². The van der Waals surface area contributed by atoms with Crippen molar-refractivity contribution in [3.8, 4) is 5.75 Å². The normalized spacial score (nSPS) is 14.1. The van der Waals surface area contributed by atoms with Gasteiger partial charge in [0.15, 0.2) is 11.6 Å². The van der Waals surface area contributed by atoms with E-state index in [9.17, 15) is 23.5 Å². The first-order chi connectivity index (χ1) is 9.92. The second-order valence-corrected chi connectivity index (χ2v) is 6.09. The van der Waals surface area contributed by atoms with E-state index in [0.717, 1.165) is 11.0 Å². The zero-order chi connectivity index (χ0) is 17.3. The largest absolute Gasteiger partial charge is 0.505 e. The van der Waals surface area contributed by atoms with Crippen LogP contribution in [0.5, 0.6) is 5.75 Å². The summed E-state index contributed by atoms with van der Waals surface area (Å²) < 4.78 is 32.0. The summed E-state index contributed by atoms with van der Waals surface area (Å²) in [5.74, 6) is -3.09. The van der Waals surface area contributed by atoms with E-state index < -0.39 is 34.6 Å². The van der Waals surface area contributed by atoms with Crippen LogP contribution in [0, 0.1) is 11.6 Å². The summed E-state index contributed by atoms with van der Waals surface area (Å²) >= 11 is 0. The van der Waals surface area contributed by atoms with Gasteiger partial charge >= 0.3 is 6.09 Å². The van der Waals surface area contributed by atoms with Gasteiger partial charge in [0.25, 0.3) is 0 Å². The lowest BCUT2D eigenvalue weighted by atomic mass is 9.91. The van der Waals surface area contributed by atoms with Crippen molar-refractivity contribution in [2.75, 3.05) is 7.05 Å². The van der Waals surface area contributed by atoms with Gasteiger partial charge in [-0.2, -0.15) is 0 Å². The molecule has 0 spiro atoms. The van der Waals surface area contributed by atoms with Crippen LogP contribution in [-0.2, 0) is 15.1 Å². The van der Waals surface area contributed by atoms with E-state index in [4.69, 9.17) is 4.74 Å². The lowest BCUT2D eigenvalue weighted by molar-refractivity contribution is -0.117. The quantitative estimate of drug-likeness (QED) is 0.871. The fourth-order valence-electron chi connectivity index (χ4n) is 1.80. The van der Waals surface area contributed by atoms with Crippen molar-refractivity contribution < 1.29 is 28.2 Å². The molecule has 0 fully saturated rings. The third-order valence-electron chi connectivity index (χ3n) is 3.17. The molecule has 0 aliphatic heterocycles. The van der Waals surface area contributed by atoms with Crippen LogP contribution in [-0.4, -0.2) is 35.0 Å². The van der Waals surface area contributed by atoms with Crippen molar-refractivity contribution in [1.29, 1.82) is 0 Å². The lowest BCUT2D eigenvalue weighted by Crippen LogP contribution is -2.48. The summed E-state index contributed by atoms with van der Waals surface area (Å²) in [5.41, 5.74) is -2.98. The van der Waals surface area contributed by atoms with Gasteiger partial charge in [-0.1, -0.05) is 0 Å². The molecule has 1 N–H and O–H groups in total.